The molecule has 1 spiro atoms. The lowest BCUT2D eigenvalue weighted by molar-refractivity contribution is -0.193. The summed E-state index contributed by atoms with van der Waals surface area (Å²) in [4.78, 5) is 35.7. The zero-order chi connectivity index (χ0) is 41.4. The first-order chi connectivity index (χ1) is 26.9. The van der Waals surface area contributed by atoms with Crippen molar-refractivity contribution in [3.63, 3.8) is 0 Å². The smallest absolute Gasteiger partial charge is 0.490 e. The summed E-state index contributed by atoms with van der Waals surface area (Å²) >= 11 is 0. The monoisotopic (exact) mass is 818 g/mol. The summed E-state index contributed by atoms with van der Waals surface area (Å²) in [7, 11) is 0. The number of ether oxygens (including phenoxy) is 2. The van der Waals surface area contributed by atoms with E-state index in [1.165, 1.54) is 43.7 Å². The number of carbonyl (C=O) groups is 3. The molecular weight excluding hydrogens is 769 g/mol. The number of hydrogen-bond donors (Lipinski definition) is 4. The zero-order valence-electron chi connectivity index (χ0n) is 31.4. The van der Waals surface area contributed by atoms with Gasteiger partial charge in [-0.1, -0.05) is 19.3 Å². The highest BCUT2D eigenvalue weighted by Gasteiger charge is 2.44. The largest absolute Gasteiger partial charge is 0.490 e. The van der Waals surface area contributed by atoms with Crippen LogP contribution in [0.15, 0.2) is 36.4 Å². The first-order valence-electron chi connectivity index (χ1n) is 19.3. The molecule has 1 aliphatic carbocycles. The van der Waals surface area contributed by atoms with Gasteiger partial charge in [-0.25, -0.2) is 14.0 Å². The maximum Gasteiger partial charge on any atom is 0.490 e. The van der Waals surface area contributed by atoms with Crippen LogP contribution in [0.5, 0.6) is 11.5 Å². The summed E-state index contributed by atoms with van der Waals surface area (Å²) in [6.07, 6.45) is 0.996. The molecule has 2 aromatic rings. The number of carboxylic acid groups (broad SMARTS) is 2. The number of piperidine rings is 2. The quantitative estimate of drug-likeness (QED) is 0.222. The lowest BCUT2D eigenvalue weighted by Gasteiger charge is -2.53. The van der Waals surface area contributed by atoms with Crippen molar-refractivity contribution in [2.45, 2.75) is 94.7 Å². The van der Waals surface area contributed by atoms with E-state index in [1.807, 2.05) is 23.1 Å². The number of anilines is 1. The number of alkyl halides is 6. The Bertz CT molecular complexity index is 1650. The van der Waals surface area contributed by atoms with Crippen molar-refractivity contribution in [2.24, 2.45) is 5.41 Å². The molecule has 57 heavy (non-hydrogen) atoms. The molecule has 2 aromatic carbocycles. The Morgan fingerprint density at radius 3 is 1.91 bits per heavy atom. The number of aliphatic carboxylic acids is 2. The van der Waals surface area contributed by atoms with Crippen molar-refractivity contribution in [3.05, 3.63) is 53.3 Å². The molecule has 1 amide bonds. The van der Waals surface area contributed by atoms with E-state index in [0.717, 1.165) is 88.4 Å². The fourth-order valence-electron chi connectivity index (χ4n) is 8.00. The maximum atomic E-state index is 14.6. The lowest BCUT2D eigenvalue weighted by atomic mass is 9.72. The molecule has 4 N–H and O–H groups in total. The molecule has 0 bridgehead atoms. The van der Waals surface area contributed by atoms with E-state index in [0.29, 0.717) is 30.2 Å². The maximum absolute atomic E-state index is 14.6. The van der Waals surface area contributed by atoms with Gasteiger partial charge in [0.1, 0.15) is 29.5 Å². The Morgan fingerprint density at radius 1 is 0.737 bits per heavy atom. The molecule has 4 heterocycles. The van der Waals surface area contributed by atoms with Crippen molar-refractivity contribution >= 4 is 23.5 Å². The van der Waals surface area contributed by atoms with Crippen LogP contribution in [-0.4, -0.2) is 110 Å². The van der Waals surface area contributed by atoms with Crippen LogP contribution < -0.4 is 25.0 Å². The van der Waals surface area contributed by atoms with Crippen LogP contribution in [-0.2, 0) is 9.59 Å². The number of likely N-dealkylation sites (tertiary alicyclic amines) is 1. The molecule has 0 aromatic heterocycles. The first-order valence-corrected chi connectivity index (χ1v) is 19.3. The normalized spacial score (nSPS) is 21.4. The molecule has 1 atom stereocenters. The number of benzene rings is 2. The number of nitrogens with zero attached hydrogens (tertiary/aromatic N) is 2. The number of carbonyl (C=O) groups excluding carboxylic acids is 1. The molecule has 11 nitrogen and oxygen atoms in total. The van der Waals surface area contributed by atoms with E-state index in [-0.39, 0.29) is 23.9 Å². The number of hydrogen-bond acceptors (Lipinski definition) is 8. The minimum Gasteiger partial charge on any atom is -0.490 e. The number of carboxylic acids is 2. The molecule has 4 saturated heterocycles. The summed E-state index contributed by atoms with van der Waals surface area (Å²) < 4.78 is 90.8. The predicted molar refractivity (Wildman–Crippen MR) is 194 cm³/mol. The minimum atomic E-state index is -5.08. The van der Waals surface area contributed by atoms with E-state index in [2.05, 4.69) is 21.6 Å². The van der Waals surface area contributed by atoms with Gasteiger partial charge in [0.25, 0.3) is 5.91 Å². The molecule has 0 radical (unpaired) electrons. The van der Waals surface area contributed by atoms with Crippen molar-refractivity contribution in [3.8, 4) is 11.5 Å². The number of nitrogens with one attached hydrogen (secondary N) is 2. The van der Waals surface area contributed by atoms with Gasteiger partial charge in [-0.2, -0.15) is 26.3 Å². The Hall–Kier alpha value is -4.32. The minimum absolute atomic E-state index is 0.0283. The average Bonchev–Trinajstić information content (AvgIpc) is 3.67. The molecule has 1 saturated carbocycles. The molecular formula is C39H49F7N4O7. The molecule has 18 heteroatoms. The standard InChI is InChI=1S/C35H47FN4O3.2C2HF3O2/c36-27-19-28(40-23-35(24-40)11-14-37-15-12-35)21-31(20-27)42-29-9-16-39(17-10-29)34(41)26-6-7-33(43-30-8-13-38-22-30)32(18-26)25-4-2-1-3-5-25;2*3-2(4,5)1(6)7/h6-7,18-21,25,29-30,37-38H,1-5,8-17,22-24H2;2*(H,6,7)/t30-;;/m0../s1. The second-order valence-corrected chi connectivity index (χ2v) is 15.3. The number of rotatable bonds is 7. The number of halogens is 7. The van der Waals surface area contributed by atoms with Gasteiger partial charge < -0.3 is 40.1 Å². The molecule has 5 fully saturated rings. The van der Waals surface area contributed by atoms with Crippen molar-refractivity contribution in [1.82, 2.24) is 15.5 Å². The third-order valence-corrected chi connectivity index (χ3v) is 11.1. The van der Waals surface area contributed by atoms with Crippen LogP contribution in [0.1, 0.15) is 86.0 Å². The van der Waals surface area contributed by atoms with Crippen molar-refractivity contribution < 1.29 is 64.8 Å². The van der Waals surface area contributed by atoms with Gasteiger partial charge in [0.2, 0.25) is 0 Å². The lowest BCUT2D eigenvalue weighted by Crippen LogP contribution is -2.60. The summed E-state index contributed by atoms with van der Waals surface area (Å²) in [6, 6.07) is 11.2. The third kappa shape index (κ3) is 12.3. The Balaban J connectivity index is 0.000000380. The zero-order valence-corrected chi connectivity index (χ0v) is 31.4. The average molecular weight is 819 g/mol. The van der Waals surface area contributed by atoms with Crippen LogP contribution in [0, 0.1) is 11.2 Å². The topological polar surface area (TPSA) is 141 Å². The predicted octanol–water partition coefficient (Wildman–Crippen LogP) is 6.75. The Morgan fingerprint density at radius 2 is 1.35 bits per heavy atom. The van der Waals surface area contributed by atoms with Crippen LogP contribution in [0.4, 0.5) is 36.4 Å². The van der Waals surface area contributed by atoms with E-state index in [9.17, 15) is 35.5 Å². The van der Waals surface area contributed by atoms with Crippen LogP contribution >= 0.6 is 0 Å². The van der Waals surface area contributed by atoms with Crippen molar-refractivity contribution in [1.29, 1.82) is 0 Å². The first kappa shape index (κ1) is 43.8. The van der Waals surface area contributed by atoms with Gasteiger partial charge >= 0.3 is 24.3 Å². The molecule has 4 aliphatic heterocycles. The van der Waals surface area contributed by atoms with Gasteiger partial charge in [-0.15, -0.1) is 0 Å². The van der Waals surface area contributed by atoms with Crippen molar-refractivity contribution in [2.75, 3.05) is 57.3 Å². The number of amides is 1. The summed E-state index contributed by atoms with van der Waals surface area (Å²) in [6.45, 7) is 7.29. The van der Waals surface area contributed by atoms with E-state index in [4.69, 9.17) is 29.3 Å². The Kier molecular flexibility index (Phi) is 14.6. The molecule has 316 valence electrons. The van der Waals surface area contributed by atoms with Gasteiger partial charge in [-0.3, -0.25) is 4.79 Å². The molecule has 7 rings (SSSR count). The van der Waals surface area contributed by atoms with E-state index in [1.54, 1.807) is 6.07 Å². The second kappa shape index (κ2) is 19.0. The van der Waals surface area contributed by atoms with Crippen LogP contribution in [0.3, 0.4) is 0 Å². The molecule has 0 unspecified atom stereocenters. The summed E-state index contributed by atoms with van der Waals surface area (Å²) in [5.74, 6) is -3.67. The fourth-order valence-corrected chi connectivity index (χ4v) is 8.00. The summed E-state index contributed by atoms with van der Waals surface area (Å²) in [5, 5.41) is 21.1. The van der Waals surface area contributed by atoms with Gasteiger partial charge in [-0.05, 0) is 87.5 Å². The fraction of sp³-hybridized carbons (Fsp3) is 0.615. The SMILES string of the molecule is O=C(O)C(F)(F)F.O=C(O)C(F)(F)F.O=C(c1ccc(O[C@H]2CCNC2)c(C2CCCCC2)c1)N1CCC(Oc2cc(F)cc(N3CC4(CCNCC4)C3)c2)CC1. The second-order valence-electron chi connectivity index (χ2n) is 15.3. The van der Waals surface area contributed by atoms with E-state index < -0.39 is 24.3 Å². The van der Waals surface area contributed by atoms with Gasteiger partial charge in [0.15, 0.2) is 0 Å². The van der Waals surface area contributed by atoms with Gasteiger partial charge in [0.05, 0.1) is 0 Å². The van der Waals surface area contributed by atoms with Gasteiger partial charge in [0, 0.05) is 74.4 Å². The van der Waals surface area contributed by atoms with E-state index >= 15 is 0 Å². The molecule has 5 aliphatic rings. The summed E-state index contributed by atoms with van der Waals surface area (Å²) in [5.41, 5.74) is 3.27. The van der Waals surface area contributed by atoms with Crippen LogP contribution in [0.2, 0.25) is 0 Å². The highest BCUT2D eigenvalue weighted by atomic mass is 19.4. The van der Waals surface area contributed by atoms with Crippen LogP contribution in [0.25, 0.3) is 0 Å². The highest BCUT2D eigenvalue weighted by Crippen LogP contribution is 2.42. The highest BCUT2D eigenvalue weighted by molar-refractivity contribution is 5.94. The Labute approximate surface area is 325 Å². The third-order valence-electron chi connectivity index (χ3n) is 11.1.